The average Bonchev–Trinajstić information content (AvgIpc) is 2.97. The van der Waals surface area contributed by atoms with Crippen LogP contribution in [0.15, 0.2) is 37.4 Å². The Bertz CT molecular complexity index is 1200. The Labute approximate surface area is 171 Å². The number of aryl methyl sites for hydroxylation is 2. The minimum Gasteiger partial charge on any atom is -0.324 e. The smallest absolute Gasteiger partial charge is 0.324 e. The van der Waals surface area contributed by atoms with Crippen molar-refractivity contribution in [3.8, 4) is 0 Å². The molecular formula is C17H17BrFN5O3S. The molecule has 0 saturated carbocycles. The summed E-state index contributed by atoms with van der Waals surface area (Å²) in [7, 11) is 4.67. The number of imidazole rings is 1. The molecule has 1 amide bonds. The number of aromatic nitrogens is 4. The molecule has 2 heterocycles. The number of fused-ring (bicyclic) bond motifs is 1. The highest BCUT2D eigenvalue weighted by Gasteiger charge is 2.17. The Hall–Kier alpha value is -2.40. The Morgan fingerprint density at radius 3 is 2.61 bits per heavy atom. The van der Waals surface area contributed by atoms with Crippen molar-refractivity contribution in [2.24, 2.45) is 21.1 Å². The van der Waals surface area contributed by atoms with E-state index in [2.05, 4.69) is 26.2 Å². The largest absolute Gasteiger partial charge is 0.332 e. The number of anilines is 1. The number of rotatable bonds is 5. The summed E-state index contributed by atoms with van der Waals surface area (Å²) in [6.45, 7) is 0. The van der Waals surface area contributed by atoms with Gasteiger partial charge in [0.05, 0.1) is 5.69 Å². The molecule has 0 aliphatic rings. The third-order valence-corrected chi connectivity index (χ3v) is 5.71. The molecule has 148 valence electrons. The maximum Gasteiger partial charge on any atom is 0.332 e. The average molecular weight is 470 g/mol. The van der Waals surface area contributed by atoms with Crippen LogP contribution in [0.3, 0.4) is 0 Å². The monoisotopic (exact) mass is 469 g/mol. The lowest BCUT2D eigenvalue weighted by Crippen LogP contribution is -2.37. The molecule has 0 atom stereocenters. The lowest BCUT2D eigenvalue weighted by Gasteiger charge is -2.07. The van der Waals surface area contributed by atoms with E-state index in [1.807, 2.05) is 0 Å². The van der Waals surface area contributed by atoms with E-state index in [0.29, 0.717) is 21.0 Å². The first-order valence-electron chi connectivity index (χ1n) is 8.21. The summed E-state index contributed by atoms with van der Waals surface area (Å²) in [5.74, 6) is -0.492. The van der Waals surface area contributed by atoms with Crippen molar-refractivity contribution >= 4 is 50.5 Å². The summed E-state index contributed by atoms with van der Waals surface area (Å²) in [6, 6.07) is 4.39. The Balaban J connectivity index is 1.72. The van der Waals surface area contributed by atoms with Crippen LogP contribution in [0.5, 0.6) is 0 Å². The fourth-order valence-corrected chi connectivity index (χ4v) is 3.97. The molecular weight excluding hydrogens is 453 g/mol. The van der Waals surface area contributed by atoms with Gasteiger partial charge in [0.2, 0.25) is 5.91 Å². The lowest BCUT2D eigenvalue weighted by molar-refractivity contribution is -0.115. The first kappa shape index (κ1) is 20.3. The summed E-state index contributed by atoms with van der Waals surface area (Å²) < 4.78 is 18.4. The number of carbonyl (C=O) groups is 1. The fourth-order valence-electron chi connectivity index (χ4n) is 2.73. The van der Waals surface area contributed by atoms with E-state index >= 15 is 0 Å². The van der Waals surface area contributed by atoms with Crippen LogP contribution >= 0.6 is 27.7 Å². The molecule has 0 radical (unpaired) electrons. The third kappa shape index (κ3) is 3.76. The van der Waals surface area contributed by atoms with Crippen LogP contribution < -0.4 is 16.6 Å². The number of amides is 1. The van der Waals surface area contributed by atoms with Crippen LogP contribution in [-0.2, 0) is 25.9 Å². The predicted molar refractivity (Wildman–Crippen MR) is 109 cm³/mol. The van der Waals surface area contributed by atoms with Gasteiger partial charge >= 0.3 is 5.69 Å². The van der Waals surface area contributed by atoms with Crippen molar-refractivity contribution in [3.05, 3.63) is 49.3 Å². The molecule has 0 fully saturated rings. The standard InChI is InChI=1S/C17H17BrFN5O3S/c1-22-14-13(15(26)24(3)17(27)23(14)2)21-16(22)28-7-6-12(25)20-11-5-4-9(18)8-10(11)19/h4-5,8H,6-7H2,1-3H3,(H,20,25). The van der Waals surface area contributed by atoms with Gasteiger partial charge in [-0.15, -0.1) is 0 Å². The first-order chi connectivity index (χ1) is 13.2. The molecule has 0 bridgehead atoms. The van der Waals surface area contributed by atoms with Crippen molar-refractivity contribution < 1.29 is 9.18 Å². The summed E-state index contributed by atoms with van der Waals surface area (Å²) in [6.07, 6.45) is 0.125. The summed E-state index contributed by atoms with van der Waals surface area (Å²) in [4.78, 5) is 40.7. The zero-order valence-corrected chi connectivity index (χ0v) is 17.7. The Morgan fingerprint density at radius 1 is 1.21 bits per heavy atom. The Kier molecular flexibility index (Phi) is 5.75. The zero-order chi connectivity index (χ0) is 20.6. The van der Waals surface area contributed by atoms with E-state index in [1.165, 1.54) is 35.5 Å². The SMILES string of the molecule is Cn1c(=O)c2nc(SCCC(=O)Nc3ccc(Br)cc3F)n(C)c2n(C)c1=O. The zero-order valence-electron chi connectivity index (χ0n) is 15.3. The van der Waals surface area contributed by atoms with Gasteiger partial charge in [0.15, 0.2) is 16.3 Å². The Morgan fingerprint density at radius 2 is 1.93 bits per heavy atom. The van der Waals surface area contributed by atoms with Crippen molar-refractivity contribution in [2.45, 2.75) is 11.6 Å². The molecule has 0 spiro atoms. The molecule has 28 heavy (non-hydrogen) atoms. The van der Waals surface area contributed by atoms with E-state index in [9.17, 15) is 18.8 Å². The molecule has 0 unspecified atom stereocenters. The quantitative estimate of drug-likeness (QED) is 0.577. The van der Waals surface area contributed by atoms with Gasteiger partial charge < -0.3 is 9.88 Å². The van der Waals surface area contributed by atoms with Crippen molar-refractivity contribution in [1.82, 2.24) is 18.7 Å². The molecule has 8 nitrogen and oxygen atoms in total. The molecule has 0 saturated heterocycles. The van der Waals surface area contributed by atoms with E-state index in [4.69, 9.17) is 0 Å². The topological polar surface area (TPSA) is 90.9 Å². The number of thioether (sulfide) groups is 1. The van der Waals surface area contributed by atoms with Gasteiger partial charge in [-0.3, -0.25) is 18.7 Å². The molecule has 11 heteroatoms. The number of hydrogen-bond donors (Lipinski definition) is 1. The highest BCUT2D eigenvalue weighted by atomic mass is 79.9. The van der Waals surface area contributed by atoms with Crippen LogP contribution in [-0.4, -0.2) is 30.3 Å². The molecule has 0 aliphatic heterocycles. The minimum absolute atomic E-state index is 0.111. The van der Waals surface area contributed by atoms with Crippen LogP contribution in [0.1, 0.15) is 6.42 Å². The highest BCUT2D eigenvalue weighted by Crippen LogP contribution is 2.22. The number of nitrogens with zero attached hydrogens (tertiary/aromatic N) is 4. The second kappa shape index (κ2) is 7.92. The summed E-state index contributed by atoms with van der Waals surface area (Å²) in [5.41, 5.74) is -0.190. The normalized spacial score (nSPS) is 11.2. The van der Waals surface area contributed by atoms with Gasteiger partial charge in [0, 0.05) is 37.8 Å². The molecule has 1 N–H and O–H groups in total. The minimum atomic E-state index is -0.525. The van der Waals surface area contributed by atoms with Gasteiger partial charge in [-0.05, 0) is 18.2 Å². The first-order valence-corrected chi connectivity index (χ1v) is 9.98. The van der Waals surface area contributed by atoms with E-state index in [0.717, 1.165) is 4.57 Å². The number of hydrogen-bond acceptors (Lipinski definition) is 5. The number of carbonyl (C=O) groups excluding carboxylic acids is 1. The number of benzene rings is 1. The van der Waals surface area contributed by atoms with Gasteiger partial charge in [-0.1, -0.05) is 27.7 Å². The summed E-state index contributed by atoms with van der Waals surface area (Å²) in [5, 5.41) is 3.03. The van der Waals surface area contributed by atoms with Crippen LogP contribution in [0.4, 0.5) is 10.1 Å². The predicted octanol–water partition coefficient (Wildman–Crippen LogP) is 1.99. The van der Waals surface area contributed by atoms with Crippen LogP contribution in [0.2, 0.25) is 0 Å². The van der Waals surface area contributed by atoms with E-state index in [1.54, 1.807) is 24.7 Å². The second-order valence-electron chi connectivity index (χ2n) is 6.10. The van der Waals surface area contributed by atoms with Crippen molar-refractivity contribution in [1.29, 1.82) is 0 Å². The van der Waals surface area contributed by atoms with Gasteiger partial charge in [0.1, 0.15) is 5.82 Å². The van der Waals surface area contributed by atoms with Gasteiger partial charge in [-0.25, -0.2) is 14.2 Å². The van der Waals surface area contributed by atoms with Crippen molar-refractivity contribution in [2.75, 3.05) is 11.1 Å². The number of nitrogens with one attached hydrogen (secondary N) is 1. The van der Waals surface area contributed by atoms with E-state index < -0.39 is 17.1 Å². The van der Waals surface area contributed by atoms with E-state index in [-0.39, 0.29) is 23.5 Å². The molecule has 3 rings (SSSR count). The van der Waals surface area contributed by atoms with Gasteiger partial charge in [0.25, 0.3) is 5.56 Å². The maximum atomic E-state index is 13.8. The number of halogens is 2. The summed E-state index contributed by atoms with van der Waals surface area (Å²) >= 11 is 4.43. The maximum absolute atomic E-state index is 13.8. The van der Waals surface area contributed by atoms with Crippen molar-refractivity contribution in [3.63, 3.8) is 0 Å². The molecule has 3 aromatic rings. The fraction of sp³-hybridized carbons (Fsp3) is 0.294. The molecule has 2 aromatic heterocycles. The van der Waals surface area contributed by atoms with Gasteiger partial charge in [-0.2, -0.15) is 0 Å². The second-order valence-corrected chi connectivity index (χ2v) is 8.08. The van der Waals surface area contributed by atoms with Crippen LogP contribution in [0.25, 0.3) is 11.2 Å². The third-order valence-electron chi connectivity index (χ3n) is 4.19. The molecule has 0 aliphatic carbocycles. The molecule has 1 aromatic carbocycles. The lowest BCUT2D eigenvalue weighted by atomic mass is 10.3. The van der Waals surface area contributed by atoms with Crippen LogP contribution in [0, 0.1) is 5.82 Å². The highest BCUT2D eigenvalue weighted by molar-refractivity contribution is 9.10.